The summed E-state index contributed by atoms with van der Waals surface area (Å²) in [6, 6.07) is 3.46. The van der Waals surface area contributed by atoms with Crippen molar-refractivity contribution in [3.63, 3.8) is 0 Å². The third-order valence-corrected chi connectivity index (χ3v) is 3.32. The van der Waals surface area contributed by atoms with Crippen LogP contribution in [0.25, 0.3) is 0 Å². The number of carbonyl (C=O) groups excluding carboxylic acids is 2. The van der Waals surface area contributed by atoms with Gasteiger partial charge in [-0.1, -0.05) is 0 Å². The van der Waals surface area contributed by atoms with E-state index in [1.165, 1.54) is 21.3 Å². The maximum Gasteiger partial charge on any atom is 0.227 e. The molecule has 6 heteroatoms. The second-order valence-corrected chi connectivity index (χ2v) is 4.53. The minimum absolute atomic E-state index is 0.217. The Morgan fingerprint density at radius 1 is 0.900 bits per heavy atom. The predicted octanol–water partition coefficient (Wildman–Crippen LogP) is 1.23. The van der Waals surface area contributed by atoms with E-state index >= 15 is 0 Å². The number of hydrogen-bond donors (Lipinski definition) is 1. The zero-order valence-corrected chi connectivity index (χ0v) is 11.7. The van der Waals surface area contributed by atoms with E-state index < -0.39 is 0 Å². The van der Waals surface area contributed by atoms with Crippen molar-refractivity contribution in [3.8, 4) is 17.2 Å². The third-order valence-electron chi connectivity index (χ3n) is 3.32. The van der Waals surface area contributed by atoms with Gasteiger partial charge in [-0.15, -0.1) is 0 Å². The van der Waals surface area contributed by atoms with Gasteiger partial charge in [0.2, 0.25) is 11.8 Å². The molecule has 1 aliphatic rings. The Bertz CT molecular complexity index is 525. The molecule has 0 spiro atoms. The Morgan fingerprint density at radius 2 is 1.40 bits per heavy atom. The number of imide groups is 1. The van der Waals surface area contributed by atoms with Crippen LogP contribution in [0.15, 0.2) is 12.1 Å². The van der Waals surface area contributed by atoms with Crippen molar-refractivity contribution < 1.29 is 23.8 Å². The molecular formula is C14H17NO5. The Balaban J connectivity index is 2.43. The molecule has 0 bridgehead atoms. The number of rotatable bonds is 4. The summed E-state index contributed by atoms with van der Waals surface area (Å²) in [5, 5.41) is 2.29. The van der Waals surface area contributed by atoms with Crippen LogP contribution in [0.5, 0.6) is 17.2 Å². The molecule has 0 saturated carbocycles. The Kier molecular flexibility index (Phi) is 4.12. The van der Waals surface area contributed by atoms with Gasteiger partial charge >= 0.3 is 0 Å². The molecule has 1 aliphatic heterocycles. The molecule has 0 unspecified atom stereocenters. The predicted molar refractivity (Wildman–Crippen MR) is 71.2 cm³/mol. The van der Waals surface area contributed by atoms with E-state index in [0.29, 0.717) is 17.2 Å². The zero-order valence-electron chi connectivity index (χ0n) is 11.7. The summed E-state index contributed by atoms with van der Waals surface area (Å²) in [5.41, 5.74) is 0.772. The quantitative estimate of drug-likeness (QED) is 0.839. The van der Waals surface area contributed by atoms with E-state index in [1.807, 2.05) is 0 Å². The van der Waals surface area contributed by atoms with E-state index in [0.717, 1.165) is 5.56 Å². The fraction of sp³-hybridized carbons (Fsp3) is 0.429. The number of carbonyl (C=O) groups is 2. The zero-order chi connectivity index (χ0) is 14.7. The van der Waals surface area contributed by atoms with Crippen LogP contribution < -0.4 is 19.5 Å². The summed E-state index contributed by atoms with van der Waals surface area (Å²) < 4.78 is 15.8. The molecule has 1 aromatic carbocycles. The summed E-state index contributed by atoms with van der Waals surface area (Å²) >= 11 is 0. The molecule has 0 aliphatic carbocycles. The second kappa shape index (κ2) is 5.81. The lowest BCUT2D eigenvalue weighted by Gasteiger charge is -2.24. The van der Waals surface area contributed by atoms with Gasteiger partial charge in [0.05, 0.1) is 21.3 Å². The van der Waals surface area contributed by atoms with E-state index in [2.05, 4.69) is 5.32 Å². The van der Waals surface area contributed by atoms with Crippen molar-refractivity contribution in [1.82, 2.24) is 5.32 Å². The van der Waals surface area contributed by atoms with Crippen LogP contribution in [-0.4, -0.2) is 33.1 Å². The Hall–Kier alpha value is -2.24. The van der Waals surface area contributed by atoms with Crippen LogP contribution in [0.2, 0.25) is 0 Å². The molecule has 1 fully saturated rings. The fourth-order valence-corrected chi connectivity index (χ4v) is 2.37. The first-order chi connectivity index (χ1) is 9.58. The minimum atomic E-state index is -0.275. The number of benzene rings is 1. The van der Waals surface area contributed by atoms with Crippen molar-refractivity contribution in [2.24, 2.45) is 0 Å². The monoisotopic (exact) mass is 279 g/mol. The van der Waals surface area contributed by atoms with Crippen LogP contribution in [0.1, 0.15) is 24.3 Å². The third kappa shape index (κ3) is 2.68. The molecule has 1 saturated heterocycles. The lowest BCUT2D eigenvalue weighted by atomic mass is 9.88. The van der Waals surface area contributed by atoms with Crippen LogP contribution in [0, 0.1) is 0 Å². The average Bonchev–Trinajstić information content (AvgIpc) is 2.44. The van der Waals surface area contributed by atoms with Gasteiger partial charge in [-0.25, -0.2) is 0 Å². The van der Waals surface area contributed by atoms with Gasteiger partial charge in [0.15, 0.2) is 11.5 Å². The van der Waals surface area contributed by atoms with Gasteiger partial charge in [-0.2, -0.15) is 0 Å². The van der Waals surface area contributed by atoms with Crippen LogP contribution in [-0.2, 0) is 9.59 Å². The van der Waals surface area contributed by atoms with Crippen LogP contribution in [0.3, 0.4) is 0 Å². The summed E-state index contributed by atoms with van der Waals surface area (Å²) in [5.74, 6) is 0.897. The first-order valence-corrected chi connectivity index (χ1v) is 6.21. The molecule has 108 valence electrons. The number of methoxy groups -OCH3 is 3. The molecule has 0 atom stereocenters. The van der Waals surface area contributed by atoms with Gasteiger partial charge in [0.1, 0.15) is 5.75 Å². The van der Waals surface area contributed by atoms with Gasteiger partial charge < -0.3 is 14.2 Å². The van der Waals surface area contributed by atoms with Gasteiger partial charge in [0.25, 0.3) is 0 Å². The standard InChI is InChI=1S/C14H17NO5/c1-18-10-7-12(20-3)11(19-2)6-9(10)8-4-13(16)15-14(17)5-8/h6-8H,4-5H2,1-3H3,(H,15,16,17). The van der Waals surface area contributed by atoms with Crippen LogP contribution in [0.4, 0.5) is 0 Å². The number of hydrogen-bond acceptors (Lipinski definition) is 5. The molecule has 0 aromatic heterocycles. The molecule has 1 heterocycles. The smallest absolute Gasteiger partial charge is 0.227 e. The van der Waals surface area contributed by atoms with Gasteiger partial charge in [-0.05, 0) is 6.07 Å². The number of nitrogens with one attached hydrogen (secondary N) is 1. The molecule has 0 radical (unpaired) electrons. The molecule has 2 amide bonds. The number of piperidine rings is 1. The topological polar surface area (TPSA) is 73.9 Å². The summed E-state index contributed by atoms with van der Waals surface area (Å²) in [6.07, 6.45) is 0.495. The molecular weight excluding hydrogens is 262 g/mol. The van der Waals surface area contributed by atoms with Crippen molar-refractivity contribution in [3.05, 3.63) is 17.7 Å². The Morgan fingerprint density at radius 3 is 1.90 bits per heavy atom. The summed E-state index contributed by atoms with van der Waals surface area (Å²) in [6.45, 7) is 0. The van der Waals surface area contributed by atoms with Gasteiger partial charge in [0, 0.05) is 30.4 Å². The maximum atomic E-state index is 11.5. The summed E-state index contributed by atoms with van der Waals surface area (Å²) in [4.78, 5) is 23.0. The highest BCUT2D eigenvalue weighted by Gasteiger charge is 2.29. The van der Waals surface area contributed by atoms with E-state index in [1.54, 1.807) is 12.1 Å². The van der Waals surface area contributed by atoms with E-state index in [-0.39, 0.29) is 30.6 Å². The molecule has 20 heavy (non-hydrogen) atoms. The van der Waals surface area contributed by atoms with Crippen molar-refractivity contribution in [2.75, 3.05) is 21.3 Å². The van der Waals surface area contributed by atoms with Crippen molar-refractivity contribution in [1.29, 1.82) is 0 Å². The highest BCUT2D eigenvalue weighted by molar-refractivity contribution is 5.98. The van der Waals surface area contributed by atoms with Crippen molar-refractivity contribution >= 4 is 11.8 Å². The minimum Gasteiger partial charge on any atom is -0.496 e. The van der Waals surface area contributed by atoms with Crippen molar-refractivity contribution in [2.45, 2.75) is 18.8 Å². The first-order valence-electron chi connectivity index (χ1n) is 6.21. The SMILES string of the molecule is COc1cc(OC)c(C2CC(=O)NC(=O)C2)cc1OC. The lowest BCUT2D eigenvalue weighted by molar-refractivity contribution is -0.133. The second-order valence-electron chi connectivity index (χ2n) is 4.53. The lowest BCUT2D eigenvalue weighted by Crippen LogP contribution is -2.37. The highest BCUT2D eigenvalue weighted by Crippen LogP contribution is 2.40. The molecule has 1 N–H and O–H groups in total. The highest BCUT2D eigenvalue weighted by atomic mass is 16.5. The fourth-order valence-electron chi connectivity index (χ4n) is 2.37. The normalized spacial score (nSPS) is 15.8. The number of ether oxygens (including phenoxy) is 3. The first kappa shape index (κ1) is 14.2. The van der Waals surface area contributed by atoms with E-state index in [4.69, 9.17) is 14.2 Å². The molecule has 2 rings (SSSR count). The number of amides is 2. The van der Waals surface area contributed by atoms with E-state index in [9.17, 15) is 9.59 Å². The van der Waals surface area contributed by atoms with Crippen LogP contribution >= 0.6 is 0 Å². The molecule has 1 aromatic rings. The largest absolute Gasteiger partial charge is 0.496 e. The van der Waals surface area contributed by atoms with Gasteiger partial charge in [-0.3, -0.25) is 14.9 Å². The maximum absolute atomic E-state index is 11.5. The summed E-state index contributed by atoms with van der Waals surface area (Å²) in [7, 11) is 4.61. The molecule has 6 nitrogen and oxygen atoms in total. The Labute approximate surface area is 117 Å². The average molecular weight is 279 g/mol.